The largest absolute Gasteiger partial charge is 0.462 e. The Hall–Kier alpha value is -0.830. The van der Waals surface area contributed by atoms with Crippen LogP contribution in [0.2, 0.25) is 0 Å². The molecule has 3 nitrogen and oxygen atoms in total. The number of hydrogen-bond acceptors (Lipinski definition) is 3. The number of fused-ring (bicyclic) bond motifs is 5. The Morgan fingerprint density at radius 1 is 1.00 bits per heavy atom. The zero-order valence-corrected chi connectivity index (χ0v) is 25.1. The summed E-state index contributed by atoms with van der Waals surface area (Å²) in [6, 6.07) is 0.601. The molecule has 5 aliphatic rings. The van der Waals surface area contributed by atoms with Crippen molar-refractivity contribution in [1.29, 1.82) is 0 Å². The van der Waals surface area contributed by atoms with Crippen molar-refractivity contribution in [2.75, 3.05) is 13.1 Å². The van der Waals surface area contributed by atoms with Crippen LogP contribution in [-0.4, -0.2) is 36.1 Å². The zero-order chi connectivity index (χ0) is 26.4. The first-order valence-electron chi connectivity index (χ1n) is 16.3. The van der Waals surface area contributed by atoms with Gasteiger partial charge >= 0.3 is 5.97 Å². The summed E-state index contributed by atoms with van der Waals surface area (Å²) in [7, 11) is 0. The Morgan fingerprint density at radius 3 is 2.46 bits per heavy atom. The summed E-state index contributed by atoms with van der Waals surface area (Å²) in [5.74, 6) is 4.97. The van der Waals surface area contributed by atoms with Gasteiger partial charge in [-0.2, -0.15) is 0 Å². The van der Waals surface area contributed by atoms with Gasteiger partial charge in [0.2, 0.25) is 0 Å². The Morgan fingerprint density at radius 2 is 1.76 bits per heavy atom. The number of carbonyl (C=O) groups is 1. The Labute approximate surface area is 228 Å². The van der Waals surface area contributed by atoms with Crippen LogP contribution in [0.1, 0.15) is 125 Å². The van der Waals surface area contributed by atoms with E-state index in [1.54, 1.807) is 12.5 Å². The van der Waals surface area contributed by atoms with Crippen LogP contribution >= 0.6 is 0 Å². The Balaban J connectivity index is 1.43. The minimum Gasteiger partial charge on any atom is -0.462 e. The molecule has 210 valence electrons. The maximum atomic E-state index is 11.8. The van der Waals surface area contributed by atoms with Crippen molar-refractivity contribution in [3.05, 3.63) is 11.6 Å². The summed E-state index contributed by atoms with van der Waals surface area (Å²) in [4.78, 5) is 14.7. The highest BCUT2D eigenvalue weighted by Crippen LogP contribution is 2.68. The van der Waals surface area contributed by atoms with Crippen LogP contribution in [-0.2, 0) is 9.53 Å². The molecule has 0 aromatic carbocycles. The number of ether oxygens (including phenoxy) is 1. The molecule has 0 aromatic heterocycles. The molecule has 1 aliphatic heterocycles. The van der Waals surface area contributed by atoms with E-state index < -0.39 is 0 Å². The van der Waals surface area contributed by atoms with Crippen molar-refractivity contribution in [3.8, 4) is 0 Å². The highest BCUT2D eigenvalue weighted by molar-refractivity contribution is 5.66. The quantitative estimate of drug-likeness (QED) is 0.254. The first-order valence-corrected chi connectivity index (χ1v) is 16.3. The summed E-state index contributed by atoms with van der Waals surface area (Å²) in [5.41, 5.74) is 2.46. The fraction of sp³-hybridized carbons (Fsp3) is 0.912. The zero-order valence-electron chi connectivity index (χ0n) is 25.1. The lowest BCUT2D eigenvalue weighted by molar-refractivity contribution is -0.149. The van der Waals surface area contributed by atoms with Crippen molar-refractivity contribution >= 4 is 5.97 Å². The first kappa shape index (κ1) is 27.7. The van der Waals surface area contributed by atoms with Gasteiger partial charge in [-0.3, -0.25) is 9.69 Å². The number of esters is 1. The van der Waals surface area contributed by atoms with Crippen LogP contribution in [0.3, 0.4) is 0 Å². The SMILES string of the molecule is CC(=O)O[C@@H]1CC[C@]2(C)C(=C[C@@H](N3CCCCC3)[C@H]3[C@@H]4CC[C@@H]([C@@H](C)CCCC(C)C)[C@@]4(C)CC[C@@H]32)C1. The van der Waals surface area contributed by atoms with Gasteiger partial charge in [0.15, 0.2) is 0 Å². The second-order valence-electron chi connectivity index (χ2n) is 15.0. The minimum absolute atomic E-state index is 0.0896. The Bertz CT molecular complexity index is 843. The third kappa shape index (κ3) is 5.21. The summed E-state index contributed by atoms with van der Waals surface area (Å²) < 4.78 is 5.78. The average molecular weight is 512 g/mol. The van der Waals surface area contributed by atoms with Gasteiger partial charge in [0.1, 0.15) is 6.10 Å². The fourth-order valence-electron chi connectivity index (χ4n) is 10.5. The minimum atomic E-state index is -0.108. The average Bonchev–Trinajstić information content (AvgIpc) is 3.21. The van der Waals surface area contributed by atoms with Crippen LogP contribution in [0.5, 0.6) is 0 Å². The van der Waals surface area contributed by atoms with Crippen LogP contribution in [0.25, 0.3) is 0 Å². The monoisotopic (exact) mass is 511 g/mol. The summed E-state index contributed by atoms with van der Waals surface area (Å²) in [6.07, 6.45) is 20.2. The van der Waals surface area contributed by atoms with Crippen LogP contribution < -0.4 is 0 Å². The second-order valence-corrected chi connectivity index (χ2v) is 15.0. The number of piperidine rings is 1. The molecule has 5 rings (SSSR count). The number of nitrogens with zero attached hydrogens (tertiary/aromatic N) is 1. The van der Waals surface area contributed by atoms with Crippen molar-refractivity contribution in [3.63, 3.8) is 0 Å². The third-order valence-corrected chi connectivity index (χ3v) is 12.4. The lowest BCUT2D eigenvalue weighted by Gasteiger charge is -2.62. The first-order chi connectivity index (χ1) is 17.6. The predicted octanol–water partition coefficient (Wildman–Crippen LogP) is 8.42. The molecule has 0 aromatic rings. The van der Waals surface area contributed by atoms with Gasteiger partial charge in [0.25, 0.3) is 0 Å². The molecule has 9 atom stereocenters. The normalized spacial score (nSPS) is 42.9. The van der Waals surface area contributed by atoms with E-state index in [9.17, 15) is 4.79 Å². The van der Waals surface area contributed by atoms with E-state index >= 15 is 0 Å². The van der Waals surface area contributed by atoms with Gasteiger partial charge in [-0.15, -0.1) is 0 Å². The molecule has 0 spiro atoms. The van der Waals surface area contributed by atoms with E-state index in [1.165, 1.54) is 83.7 Å². The van der Waals surface area contributed by atoms with E-state index in [0.29, 0.717) is 16.9 Å². The molecular weight excluding hydrogens is 454 g/mol. The van der Waals surface area contributed by atoms with Crippen molar-refractivity contribution in [1.82, 2.24) is 4.90 Å². The van der Waals surface area contributed by atoms with Gasteiger partial charge in [-0.05, 0) is 111 Å². The van der Waals surface area contributed by atoms with Crippen LogP contribution in [0.4, 0.5) is 0 Å². The molecule has 0 N–H and O–H groups in total. The molecule has 4 aliphatic carbocycles. The van der Waals surface area contributed by atoms with E-state index in [2.05, 4.69) is 45.6 Å². The number of likely N-dealkylation sites (tertiary alicyclic amines) is 1. The number of hydrogen-bond donors (Lipinski definition) is 0. The summed E-state index contributed by atoms with van der Waals surface area (Å²) in [6.45, 7) is 16.8. The van der Waals surface area contributed by atoms with E-state index in [4.69, 9.17) is 4.74 Å². The summed E-state index contributed by atoms with van der Waals surface area (Å²) in [5, 5.41) is 0. The molecule has 37 heavy (non-hydrogen) atoms. The van der Waals surface area contributed by atoms with E-state index in [0.717, 1.165) is 48.3 Å². The maximum absolute atomic E-state index is 11.8. The van der Waals surface area contributed by atoms with Crippen molar-refractivity contribution in [2.45, 2.75) is 137 Å². The van der Waals surface area contributed by atoms with Gasteiger partial charge in [0.05, 0.1) is 0 Å². The Kier molecular flexibility index (Phi) is 8.22. The van der Waals surface area contributed by atoms with Crippen LogP contribution in [0.15, 0.2) is 11.6 Å². The lowest BCUT2D eigenvalue weighted by Crippen LogP contribution is -2.59. The summed E-state index contributed by atoms with van der Waals surface area (Å²) >= 11 is 0. The molecule has 0 bridgehead atoms. The standard InChI is InChI=1S/C34H57NO2/c1-23(2)11-10-12-24(3)28-13-14-29-32-30(16-18-34(28,29)6)33(5)17-15-27(37-25(4)36)21-26(33)22-31(32)35-19-8-7-9-20-35/h22-24,27-32H,7-21H2,1-6H3/t24-,27+,28-,29-,30-,31+,32-,33+,34+/m0/s1. The van der Waals surface area contributed by atoms with Gasteiger partial charge in [0, 0.05) is 19.4 Å². The topological polar surface area (TPSA) is 29.5 Å². The second kappa shape index (κ2) is 11.0. The fourth-order valence-corrected chi connectivity index (χ4v) is 10.5. The lowest BCUT2D eigenvalue weighted by atomic mass is 9.45. The van der Waals surface area contributed by atoms with Gasteiger partial charge < -0.3 is 4.74 Å². The molecular formula is C34H57NO2. The van der Waals surface area contributed by atoms with Gasteiger partial charge in [-0.1, -0.05) is 72.0 Å². The molecule has 1 heterocycles. The smallest absolute Gasteiger partial charge is 0.302 e. The van der Waals surface area contributed by atoms with Gasteiger partial charge in [-0.25, -0.2) is 0 Å². The highest BCUT2D eigenvalue weighted by atomic mass is 16.5. The highest BCUT2D eigenvalue weighted by Gasteiger charge is 2.61. The molecule has 4 fully saturated rings. The van der Waals surface area contributed by atoms with Crippen molar-refractivity contribution in [2.24, 2.45) is 46.3 Å². The molecule has 0 unspecified atom stereocenters. The number of carbonyl (C=O) groups excluding carboxylic acids is 1. The molecule has 0 radical (unpaired) electrons. The molecule has 1 saturated heterocycles. The third-order valence-electron chi connectivity index (χ3n) is 12.4. The van der Waals surface area contributed by atoms with E-state index in [-0.39, 0.29) is 12.1 Å². The number of rotatable bonds is 7. The van der Waals surface area contributed by atoms with E-state index in [1.807, 2.05) is 0 Å². The molecule has 0 amide bonds. The maximum Gasteiger partial charge on any atom is 0.302 e. The molecule has 3 saturated carbocycles. The van der Waals surface area contributed by atoms with Crippen LogP contribution in [0, 0.1) is 46.3 Å². The van der Waals surface area contributed by atoms with Crippen molar-refractivity contribution < 1.29 is 9.53 Å². The predicted molar refractivity (Wildman–Crippen MR) is 153 cm³/mol. The molecule has 3 heteroatoms.